The van der Waals surface area contributed by atoms with Gasteiger partial charge in [0.25, 0.3) is 11.8 Å². The Morgan fingerprint density at radius 1 is 1.25 bits per heavy atom. The number of aryl methyl sites for hydroxylation is 1. The van der Waals surface area contributed by atoms with Crippen molar-refractivity contribution in [2.45, 2.75) is 31.5 Å². The van der Waals surface area contributed by atoms with Gasteiger partial charge in [0.05, 0.1) is 18.2 Å². The smallest absolute Gasteiger partial charge is 0.368 e. The average molecular weight is 528 g/mol. The molecule has 2 aromatic heterocycles. The number of amides is 1. The van der Waals surface area contributed by atoms with E-state index in [1.54, 1.807) is 44.4 Å². The summed E-state index contributed by atoms with van der Waals surface area (Å²) in [5, 5.41) is 7.58. The van der Waals surface area contributed by atoms with E-state index >= 15 is 0 Å². The fraction of sp³-hybridized carbons (Fsp3) is 0.375. The number of halogens is 6. The number of rotatable bonds is 5. The number of hydrogen-bond acceptors (Lipinski definition) is 4. The van der Waals surface area contributed by atoms with Gasteiger partial charge in [0, 0.05) is 43.0 Å². The summed E-state index contributed by atoms with van der Waals surface area (Å²) in [5.74, 6) is -4.26. The number of carbonyl (C=O) groups is 1. The van der Waals surface area contributed by atoms with E-state index in [9.17, 15) is 26.7 Å². The van der Waals surface area contributed by atoms with Gasteiger partial charge in [-0.1, -0.05) is 30.7 Å². The number of nitrogens with one attached hydrogen (secondary N) is 1. The standard InChI is InChI=1S/C24H23ClF5N5O/c1-14-9-23(26,27)13-35(19(14)11-32-20-7-6-16(10-31-20)24(28,29)30)22(36)21-18(12-34(2)33-21)15-4-3-5-17(25)8-15/h3-8,10,12,14,19H,9,11,13H2,1-2H3,(H,31,32)/t14-,19-/m1/s1. The van der Waals surface area contributed by atoms with Crippen molar-refractivity contribution in [1.82, 2.24) is 19.7 Å². The molecule has 0 saturated carbocycles. The number of alkyl halides is 5. The molecule has 4 rings (SSSR count). The number of aromatic nitrogens is 3. The van der Waals surface area contributed by atoms with E-state index in [4.69, 9.17) is 11.6 Å². The Bertz CT molecular complexity index is 1240. The molecule has 36 heavy (non-hydrogen) atoms. The third-order valence-corrected chi connectivity index (χ3v) is 6.33. The van der Waals surface area contributed by atoms with Crippen LogP contribution in [0.5, 0.6) is 0 Å². The number of carbonyl (C=O) groups excluding carboxylic acids is 1. The van der Waals surface area contributed by atoms with Crippen LogP contribution in [0.1, 0.15) is 29.4 Å². The lowest BCUT2D eigenvalue weighted by molar-refractivity contribution is -0.137. The molecule has 1 aliphatic rings. The zero-order valence-electron chi connectivity index (χ0n) is 19.4. The summed E-state index contributed by atoms with van der Waals surface area (Å²) >= 11 is 6.10. The molecule has 0 spiro atoms. The third-order valence-electron chi connectivity index (χ3n) is 6.09. The topological polar surface area (TPSA) is 63.1 Å². The van der Waals surface area contributed by atoms with E-state index in [0.717, 1.165) is 17.0 Å². The van der Waals surface area contributed by atoms with Crippen LogP contribution in [-0.4, -0.2) is 50.6 Å². The number of benzene rings is 1. The van der Waals surface area contributed by atoms with Crippen molar-refractivity contribution < 1.29 is 26.7 Å². The van der Waals surface area contributed by atoms with Crippen LogP contribution in [0.2, 0.25) is 5.02 Å². The molecule has 0 radical (unpaired) electrons. The van der Waals surface area contributed by atoms with Crippen molar-refractivity contribution >= 4 is 23.3 Å². The summed E-state index contributed by atoms with van der Waals surface area (Å²) < 4.78 is 69.0. The molecule has 12 heteroatoms. The molecule has 1 amide bonds. The van der Waals surface area contributed by atoms with Crippen molar-refractivity contribution in [3.63, 3.8) is 0 Å². The van der Waals surface area contributed by atoms with E-state index < -0.39 is 48.5 Å². The number of pyridine rings is 1. The van der Waals surface area contributed by atoms with E-state index in [1.165, 1.54) is 4.68 Å². The average Bonchev–Trinajstić information content (AvgIpc) is 3.18. The Kier molecular flexibility index (Phi) is 6.96. The van der Waals surface area contributed by atoms with Crippen LogP contribution in [0, 0.1) is 5.92 Å². The van der Waals surface area contributed by atoms with Crippen LogP contribution in [0.25, 0.3) is 11.1 Å². The summed E-state index contributed by atoms with van der Waals surface area (Å²) in [6.07, 6.45) is -2.66. The SMILES string of the molecule is C[C@@H]1CC(F)(F)CN(C(=O)c2nn(C)cc2-c2cccc(Cl)c2)[C@@H]1CNc1ccc(C(F)(F)F)cn1. The molecule has 6 nitrogen and oxygen atoms in total. The van der Waals surface area contributed by atoms with Crippen molar-refractivity contribution in [2.24, 2.45) is 13.0 Å². The highest BCUT2D eigenvalue weighted by Gasteiger charge is 2.46. The Labute approximate surface area is 209 Å². The van der Waals surface area contributed by atoms with Crippen LogP contribution in [0.15, 0.2) is 48.8 Å². The monoisotopic (exact) mass is 527 g/mol. The number of hydrogen-bond donors (Lipinski definition) is 1. The van der Waals surface area contributed by atoms with Gasteiger partial charge in [0.2, 0.25) is 0 Å². The van der Waals surface area contributed by atoms with E-state index in [-0.39, 0.29) is 18.1 Å². The largest absolute Gasteiger partial charge is 0.417 e. The maximum atomic E-state index is 14.6. The highest BCUT2D eigenvalue weighted by molar-refractivity contribution is 6.30. The lowest BCUT2D eigenvalue weighted by Gasteiger charge is -2.43. The van der Waals surface area contributed by atoms with Gasteiger partial charge in [-0.15, -0.1) is 0 Å². The van der Waals surface area contributed by atoms with Gasteiger partial charge in [-0.2, -0.15) is 18.3 Å². The van der Waals surface area contributed by atoms with Crippen molar-refractivity contribution in [2.75, 3.05) is 18.4 Å². The van der Waals surface area contributed by atoms with Crippen molar-refractivity contribution in [1.29, 1.82) is 0 Å². The second-order valence-electron chi connectivity index (χ2n) is 8.92. The van der Waals surface area contributed by atoms with Gasteiger partial charge >= 0.3 is 6.18 Å². The minimum Gasteiger partial charge on any atom is -0.368 e. The van der Waals surface area contributed by atoms with E-state index in [2.05, 4.69) is 15.4 Å². The van der Waals surface area contributed by atoms with Gasteiger partial charge in [-0.05, 0) is 35.7 Å². The summed E-state index contributed by atoms with van der Waals surface area (Å²) in [4.78, 5) is 18.5. The van der Waals surface area contributed by atoms with Crippen LogP contribution in [0.4, 0.5) is 27.8 Å². The highest BCUT2D eigenvalue weighted by Crippen LogP contribution is 2.36. The summed E-state index contributed by atoms with van der Waals surface area (Å²) in [7, 11) is 1.62. The number of anilines is 1. The van der Waals surface area contributed by atoms with E-state index in [0.29, 0.717) is 22.3 Å². The molecule has 3 heterocycles. The maximum absolute atomic E-state index is 14.6. The molecule has 1 saturated heterocycles. The zero-order valence-corrected chi connectivity index (χ0v) is 20.1. The lowest BCUT2D eigenvalue weighted by Crippen LogP contribution is -2.57. The molecule has 3 aromatic rings. The van der Waals surface area contributed by atoms with Gasteiger partial charge in [0.1, 0.15) is 5.82 Å². The molecule has 192 valence electrons. The predicted molar refractivity (Wildman–Crippen MR) is 125 cm³/mol. The molecule has 1 N–H and O–H groups in total. The Morgan fingerprint density at radius 2 is 2.00 bits per heavy atom. The molecule has 1 fully saturated rings. The Balaban J connectivity index is 1.61. The minimum absolute atomic E-state index is 0.00215. The summed E-state index contributed by atoms with van der Waals surface area (Å²) in [6, 6.07) is 8.12. The molecular formula is C24H23ClF5N5O. The number of piperidine rings is 1. The molecule has 1 aliphatic heterocycles. The van der Waals surface area contributed by atoms with Gasteiger partial charge < -0.3 is 10.2 Å². The normalized spacial score (nSPS) is 19.8. The predicted octanol–water partition coefficient (Wildman–Crippen LogP) is 5.75. The lowest BCUT2D eigenvalue weighted by atomic mass is 9.88. The van der Waals surface area contributed by atoms with Crippen LogP contribution in [0.3, 0.4) is 0 Å². The van der Waals surface area contributed by atoms with E-state index in [1.807, 2.05) is 0 Å². The van der Waals surface area contributed by atoms with Crippen LogP contribution < -0.4 is 5.32 Å². The fourth-order valence-electron chi connectivity index (χ4n) is 4.40. The van der Waals surface area contributed by atoms with Crippen molar-refractivity contribution in [3.05, 3.63) is 65.1 Å². The molecule has 0 aliphatic carbocycles. The van der Waals surface area contributed by atoms with Crippen LogP contribution >= 0.6 is 11.6 Å². The summed E-state index contributed by atoms with van der Waals surface area (Å²) in [5.41, 5.74) is 0.156. The van der Waals surface area contributed by atoms with Gasteiger partial charge in [-0.3, -0.25) is 9.48 Å². The number of nitrogens with zero attached hydrogens (tertiary/aromatic N) is 4. The number of likely N-dealkylation sites (tertiary alicyclic amines) is 1. The Hall–Kier alpha value is -3.21. The first-order valence-corrected chi connectivity index (χ1v) is 11.5. The highest BCUT2D eigenvalue weighted by atomic mass is 35.5. The first-order chi connectivity index (χ1) is 16.8. The van der Waals surface area contributed by atoms with Crippen molar-refractivity contribution in [3.8, 4) is 11.1 Å². The third kappa shape index (κ3) is 5.61. The molecule has 0 unspecified atom stereocenters. The second-order valence-corrected chi connectivity index (χ2v) is 9.36. The molecule has 1 aromatic carbocycles. The first-order valence-electron chi connectivity index (χ1n) is 11.1. The van der Waals surface area contributed by atoms with Crippen LogP contribution in [-0.2, 0) is 13.2 Å². The zero-order chi connectivity index (χ0) is 26.3. The summed E-state index contributed by atoms with van der Waals surface area (Å²) in [6.45, 7) is 0.811. The minimum atomic E-state index is -4.53. The first kappa shape index (κ1) is 25.9. The maximum Gasteiger partial charge on any atom is 0.417 e. The van der Waals surface area contributed by atoms with Gasteiger partial charge in [-0.25, -0.2) is 13.8 Å². The molecule has 0 bridgehead atoms. The Morgan fingerprint density at radius 3 is 2.64 bits per heavy atom. The molecule has 2 atom stereocenters. The van der Waals surface area contributed by atoms with Gasteiger partial charge in [0.15, 0.2) is 5.69 Å². The molecular weight excluding hydrogens is 505 g/mol. The fourth-order valence-corrected chi connectivity index (χ4v) is 4.59. The quantitative estimate of drug-likeness (QED) is 0.429. The second kappa shape index (κ2) is 9.68.